The Morgan fingerprint density at radius 1 is 1.35 bits per heavy atom. The molecule has 2 aliphatic rings. The maximum absolute atomic E-state index is 12.1. The van der Waals surface area contributed by atoms with Crippen molar-refractivity contribution in [3.05, 3.63) is 0 Å². The quantitative estimate of drug-likeness (QED) is 0.757. The summed E-state index contributed by atoms with van der Waals surface area (Å²) in [5.74, 6) is 0.0962. The van der Waals surface area contributed by atoms with E-state index in [-0.39, 0.29) is 18.1 Å². The lowest BCUT2D eigenvalue weighted by molar-refractivity contribution is -0.147. The molecule has 0 aromatic carbocycles. The van der Waals surface area contributed by atoms with E-state index in [1.165, 1.54) is 0 Å². The highest BCUT2D eigenvalue weighted by atomic mass is 16.5. The van der Waals surface area contributed by atoms with Crippen molar-refractivity contribution < 1.29 is 14.3 Å². The standard InChI is InChI=1S/C12H22N2O3/c1-14(9-10-8-13-5-7-16-10)12(15)11-4-2-3-6-17-11/h10-11,13H,2-9H2,1H3. The molecular weight excluding hydrogens is 220 g/mol. The lowest BCUT2D eigenvalue weighted by Gasteiger charge is -2.31. The third kappa shape index (κ3) is 3.66. The van der Waals surface area contributed by atoms with Gasteiger partial charge in [0.25, 0.3) is 5.91 Å². The summed E-state index contributed by atoms with van der Waals surface area (Å²) < 4.78 is 11.1. The van der Waals surface area contributed by atoms with E-state index >= 15 is 0 Å². The molecule has 2 aliphatic heterocycles. The van der Waals surface area contributed by atoms with Gasteiger partial charge in [-0.3, -0.25) is 4.79 Å². The van der Waals surface area contributed by atoms with Crippen LogP contribution in [0.25, 0.3) is 0 Å². The number of carbonyl (C=O) groups is 1. The van der Waals surface area contributed by atoms with E-state index in [9.17, 15) is 4.79 Å². The van der Waals surface area contributed by atoms with Gasteiger partial charge in [0.1, 0.15) is 6.10 Å². The Balaban J connectivity index is 1.77. The maximum Gasteiger partial charge on any atom is 0.251 e. The highest BCUT2D eigenvalue weighted by Crippen LogP contribution is 2.15. The van der Waals surface area contributed by atoms with E-state index in [0.29, 0.717) is 13.2 Å². The fourth-order valence-electron chi connectivity index (χ4n) is 2.31. The fourth-order valence-corrected chi connectivity index (χ4v) is 2.31. The van der Waals surface area contributed by atoms with Crippen LogP contribution in [0.4, 0.5) is 0 Å². The molecule has 2 heterocycles. The topological polar surface area (TPSA) is 50.8 Å². The van der Waals surface area contributed by atoms with Crippen molar-refractivity contribution in [3.63, 3.8) is 0 Å². The molecule has 0 bridgehead atoms. The van der Waals surface area contributed by atoms with Crippen molar-refractivity contribution in [2.24, 2.45) is 0 Å². The normalized spacial score (nSPS) is 29.9. The molecule has 0 aromatic rings. The van der Waals surface area contributed by atoms with E-state index in [1.807, 2.05) is 7.05 Å². The molecule has 2 atom stereocenters. The van der Waals surface area contributed by atoms with Crippen LogP contribution in [0, 0.1) is 0 Å². The van der Waals surface area contributed by atoms with Crippen LogP contribution in [0.2, 0.25) is 0 Å². The average molecular weight is 242 g/mol. The predicted octanol–water partition coefficient (Wildman–Crippen LogP) is 0.00230. The monoisotopic (exact) mass is 242 g/mol. The lowest BCUT2D eigenvalue weighted by atomic mass is 10.1. The Bertz CT molecular complexity index is 248. The predicted molar refractivity (Wildman–Crippen MR) is 63.8 cm³/mol. The number of hydrogen-bond donors (Lipinski definition) is 1. The van der Waals surface area contributed by atoms with Crippen molar-refractivity contribution in [1.29, 1.82) is 0 Å². The second-order valence-corrected chi connectivity index (χ2v) is 4.77. The lowest BCUT2D eigenvalue weighted by Crippen LogP contribution is -2.48. The first-order valence-corrected chi connectivity index (χ1v) is 6.46. The molecule has 2 unspecified atom stereocenters. The molecule has 5 nitrogen and oxygen atoms in total. The van der Waals surface area contributed by atoms with Gasteiger partial charge in [0.2, 0.25) is 0 Å². The number of nitrogens with zero attached hydrogens (tertiary/aromatic N) is 1. The second kappa shape index (κ2) is 6.33. The van der Waals surface area contributed by atoms with E-state index in [4.69, 9.17) is 9.47 Å². The number of nitrogens with one attached hydrogen (secondary N) is 1. The van der Waals surface area contributed by atoms with Crippen molar-refractivity contribution in [2.45, 2.75) is 31.5 Å². The van der Waals surface area contributed by atoms with Gasteiger partial charge in [-0.25, -0.2) is 0 Å². The molecule has 0 spiro atoms. The number of rotatable bonds is 3. The molecular formula is C12H22N2O3. The zero-order valence-corrected chi connectivity index (χ0v) is 10.5. The van der Waals surface area contributed by atoms with Gasteiger partial charge >= 0.3 is 0 Å². The minimum Gasteiger partial charge on any atom is -0.374 e. The Labute approximate surface area is 102 Å². The minimum atomic E-state index is -0.231. The van der Waals surface area contributed by atoms with Crippen molar-refractivity contribution in [3.8, 4) is 0 Å². The van der Waals surface area contributed by atoms with Crippen molar-refractivity contribution in [2.75, 3.05) is 39.9 Å². The highest BCUT2D eigenvalue weighted by molar-refractivity contribution is 5.80. The smallest absolute Gasteiger partial charge is 0.251 e. The molecule has 2 rings (SSSR count). The van der Waals surface area contributed by atoms with E-state index in [0.717, 1.165) is 39.0 Å². The van der Waals surface area contributed by atoms with Crippen LogP contribution < -0.4 is 5.32 Å². The summed E-state index contributed by atoms with van der Waals surface area (Å²) in [6.07, 6.45) is 2.90. The summed E-state index contributed by atoms with van der Waals surface area (Å²) >= 11 is 0. The molecule has 1 amide bonds. The number of carbonyl (C=O) groups excluding carboxylic acids is 1. The van der Waals surface area contributed by atoms with Gasteiger partial charge in [-0.2, -0.15) is 0 Å². The highest BCUT2D eigenvalue weighted by Gasteiger charge is 2.26. The maximum atomic E-state index is 12.1. The summed E-state index contributed by atoms with van der Waals surface area (Å²) in [6, 6.07) is 0. The van der Waals surface area contributed by atoms with Crippen LogP contribution in [0.15, 0.2) is 0 Å². The number of hydrogen-bond acceptors (Lipinski definition) is 4. The van der Waals surface area contributed by atoms with Crippen LogP contribution in [0.3, 0.4) is 0 Å². The van der Waals surface area contributed by atoms with Crippen LogP contribution in [0.1, 0.15) is 19.3 Å². The fraction of sp³-hybridized carbons (Fsp3) is 0.917. The van der Waals surface area contributed by atoms with Crippen molar-refractivity contribution in [1.82, 2.24) is 10.2 Å². The van der Waals surface area contributed by atoms with Gasteiger partial charge in [0.15, 0.2) is 0 Å². The molecule has 0 radical (unpaired) electrons. The molecule has 2 saturated heterocycles. The van der Waals surface area contributed by atoms with Gasteiger partial charge in [-0.1, -0.05) is 0 Å². The number of morpholine rings is 1. The summed E-state index contributed by atoms with van der Waals surface area (Å²) in [6.45, 7) is 3.81. The van der Waals surface area contributed by atoms with Gasteiger partial charge in [0.05, 0.1) is 12.7 Å². The Morgan fingerprint density at radius 2 is 2.24 bits per heavy atom. The molecule has 1 N–H and O–H groups in total. The Kier molecular flexibility index (Phi) is 4.76. The third-order valence-electron chi connectivity index (χ3n) is 3.31. The summed E-state index contributed by atoms with van der Waals surface area (Å²) in [5, 5.41) is 3.26. The zero-order chi connectivity index (χ0) is 12.1. The number of ether oxygens (including phenoxy) is 2. The molecule has 98 valence electrons. The summed E-state index contributed by atoms with van der Waals surface area (Å²) in [7, 11) is 1.83. The van der Waals surface area contributed by atoms with Crippen molar-refractivity contribution >= 4 is 5.91 Å². The molecule has 5 heteroatoms. The Hall–Kier alpha value is -0.650. The minimum absolute atomic E-state index is 0.0962. The largest absolute Gasteiger partial charge is 0.374 e. The first kappa shape index (κ1) is 12.8. The summed E-state index contributed by atoms with van der Waals surface area (Å²) in [5.41, 5.74) is 0. The number of amides is 1. The van der Waals surface area contributed by atoms with E-state index in [2.05, 4.69) is 5.32 Å². The number of likely N-dealkylation sites (N-methyl/N-ethyl adjacent to an activating group) is 1. The van der Waals surface area contributed by atoms with Gasteiger partial charge in [0, 0.05) is 33.3 Å². The molecule has 0 aliphatic carbocycles. The van der Waals surface area contributed by atoms with Crippen LogP contribution in [-0.4, -0.2) is 62.9 Å². The van der Waals surface area contributed by atoms with Gasteiger partial charge in [-0.15, -0.1) is 0 Å². The van der Waals surface area contributed by atoms with Crippen LogP contribution in [-0.2, 0) is 14.3 Å². The van der Waals surface area contributed by atoms with Gasteiger partial charge < -0.3 is 19.7 Å². The molecule has 17 heavy (non-hydrogen) atoms. The zero-order valence-electron chi connectivity index (χ0n) is 10.5. The van der Waals surface area contributed by atoms with Crippen LogP contribution >= 0.6 is 0 Å². The SMILES string of the molecule is CN(CC1CNCCO1)C(=O)C1CCCCO1. The second-order valence-electron chi connectivity index (χ2n) is 4.77. The van der Waals surface area contributed by atoms with E-state index < -0.39 is 0 Å². The first-order chi connectivity index (χ1) is 8.27. The molecule has 0 saturated carbocycles. The van der Waals surface area contributed by atoms with E-state index in [1.54, 1.807) is 4.90 Å². The van der Waals surface area contributed by atoms with Gasteiger partial charge in [-0.05, 0) is 19.3 Å². The first-order valence-electron chi connectivity index (χ1n) is 6.46. The Morgan fingerprint density at radius 3 is 2.88 bits per heavy atom. The average Bonchev–Trinajstić information content (AvgIpc) is 2.40. The van der Waals surface area contributed by atoms with Crippen LogP contribution in [0.5, 0.6) is 0 Å². The molecule has 0 aromatic heterocycles. The molecule has 2 fully saturated rings. The third-order valence-corrected chi connectivity index (χ3v) is 3.31. The summed E-state index contributed by atoms with van der Waals surface area (Å²) in [4.78, 5) is 13.8.